The maximum atomic E-state index is 12.5. The lowest BCUT2D eigenvalue weighted by Gasteiger charge is -2.31. The molecule has 1 aliphatic heterocycles. The van der Waals surface area contributed by atoms with E-state index in [1.165, 1.54) is 0 Å². The number of carbonyl (C=O) groups excluding carboxylic acids is 2. The molecule has 1 unspecified atom stereocenters. The number of anilines is 1. The van der Waals surface area contributed by atoms with E-state index in [0.29, 0.717) is 23.9 Å². The van der Waals surface area contributed by atoms with Gasteiger partial charge in [0, 0.05) is 24.8 Å². The second kappa shape index (κ2) is 9.42. The van der Waals surface area contributed by atoms with Crippen LogP contribution in [0.2, 0.25) is 0 Å². The molecule has 2 amide bonds. The van der Waals surface area contributed by atoms with Crippen LogP contribution in [0.25, 0.3) is 0 Å². The first-order valence-corrected chi connectivity index (χ1v) is 9.07. The highest BCUT2D eigenvalue weighted by molar-refractivity contribution is 5.91. The molecular formula is C19H30N3O3+. The topological polar surface area (TPSA) is 63.1 Å². The molecule has 25 heavy (non-hydrogen) atoms. The molecule has 1 aromatic rings. The van der Waals surface area contributed by atoms with Crippen molar-refractivity contribution in [3.8, 4) is 5.75 Å². The van der Waals surface area contributed by atoms with Crippen molar-refractivity contribution in [2.45, 2.75) is 26.7 Å². The van der Waals surface area contributed by atoms with Gasteiger partial charge in [0.25, 0.3) is 11.8 Å². The summed E-state index contributed by atoms with van der Waals surface area (Å²) in [5.74, 6) is 1.46. The van der Waals surface area contributed by atoms with Crippen molar-refractivity contribution in [3.05, 3.63) is 24.3 Å². The summed E-state index contributed by atoms with van der Waals surface area (Å²) < 4.78 is 5.16. The van der Waals surface area contributed by atoms with E-state index < -0.39 is 0 Å². The molecule has 0 spiro atoms. The van der Waals surface area contributed by atoms with Crippen LogP contribution in [0.3, 0.4) is 0 Å². The molecule has 6 nitrogen and oxygen atoms in total. The molecule has 1 atom stereocenters. The monoisotopic (exact) mass is 348 g/mol. The lowest BCUT2D eigenvalue weighted by molar-refractivity contribution is -0.882. The van der Waals surface area contributed by atoms with Crippen LogP contribution in [0.15, 0.2) is 24.3 Å². The second-order valence-corrected chi connectivity index (χ2v) is 6.80. The first kappa shape index (κ1) is 19.2. The number of quaternary nitrogens is 1. The van der Waals surface area contributed by atoms with Gasteiger partial charge in [-0.15, -0.1) is 0 Å². The van der Waals surface area contributed by atoms with Crippen LogP contribution in [0, 0.1) is 5.92 Å². The molecule has 1 heterocycles. The third-order valence-corrected chi connectivity index (χ3v) is 4.80. The molecule has 1 saturated heterocycles. The fourth-order valence-corrected chi connectivity index (χ4v) is 3.03. The van der Waals surface area contributed by atoms with Crippen molar-refractivity contribution in [2.75, 3.05) is 45.2 Å². The Morgan fingerprint density at radius 2 is 2.00 bits per heavy atom. The minimum Gasteiger partial charge on any atom is -0.497 e. The zero-order valence-electron chi connectivity index (χ0n) is 15.5. The lowest BCUT2D eigenvalue weighted by Crippen LogP contribution is -3.14. The number of hydrogen-bond acceptors (Lipinski definition) is 3. The number of methoxy groups -OCH3 is 1. The van der Waals surface area contributed by atoms with Gasteiger partial charge >= 0.3 is 0 Å². The van der Waals surface area contributed by atoms with Gasteiger partial charge in [-0.2, -0.15) is 0 Å². The number of amides is 2. The Morgan fingerprint density at radius 1 is 1.28 bits per heavy atom. The number of hydrogen-bond donors (Lipinski definition) is 2. The van der Waals surface area contributed by atoms with Crippen molar-refractivity contribution < 1.29 is 19.2 Å². The molecule has 2 rings (SSSR count). The van der Waals surface area contributed by atoms with Crippen LogP contribution in [-0.2, 0) is 9.59 Å². The quantitative estimate of drug-likeness (QED) is 0.766. The Morgan fingerprint density at radius 3 is 2.64 bits per heavy atom. The number of rotatable bonds is 7. The summed E-state index contributed by atoms with van der Waals surface area (Å²) in [5.41, 5.74) is 0.705. The van der Waals surface area contributed by atoms with Crippen LogP contribution in [0.4, 0.5) is 5.69 Å². The summed E-state index contributed by atoms with van der Waals surface area (Å²) in [4.78, 5) is 27.7. The molecule has 0 aliphatic carbocycles. The second-order valence-electron chi connectivity index (χ2n) is 6.80. The maximum Gasteiger partial charge on any atom is 0.279 e. The highest BCUT2D eigenvalue weighted by Crippen LogP contribution is 2.16. The van der Waals surface area contributed by atoms with Crippen molar-refractivity contribution in [2.24, 2.45) is 5.92 Å². The highest BCUT2D eigenvalue weighted by atomic mass is 16.5. The number of piperidine rings is 1. The Bertz CT molecular complexity index is 583. The summed E-state index contributed by atoms with van der Waals surface area (Å²) in [6, 6.07) is 7.27. The largest absolute Gasteiger partial charge is 0.497 e. The molecule has 1 aliphatic rings. The van der Waals surface area contributed by atoms with Crippen LogP contribution in [-0.4, -0.2) is 56.5 Å². The predicted octanol–water partition coefficient (Wildman–Crippen LogP) is 0.797. The Kier molecular flexibility index (Phi) is 7.25. The van der Waals surface area contributed by atoms with Crippen LogP contribution in [0.1, 0.15) is 26.7 Å². The summed E-state index contributed by atoms with van der Waals surface area (Å²) in [5, 5.41) is 2.88. The van der Waals surface area contributed by atoms with Gasteiger partial charge < -0.3 is 19.9 Å². The first-order valence-electron chi connectivity index (χ1n) is 9.07. The number of nitrogens with zero attached hydrogens (tertiary/aromatic N) is 1. The Hall–Kier alpha value is -2.08. The lowest BCUT2D eigenvalue weighted by atomic mass is 9.99. The molecule has 0 bridgehead atoms. The first-order chi connectivity index (χ1) is 12.0. The fourth-order valence-electron chi connectivity index (χ4n) is 3.03. The fraction of sp³-hybridized carbons (Fsp3) is 0.579. The van der Waals surface area contributed by atoms with Crippen LogP contribution in [0.5, 0.6) is 5.75 Å². The number of ether oxygens (including phenoxy) is 1. The van der Waals surface area contributed by atoms with E-state index in [9.17, 15) is 9.59 Å². The zero-order chi connectivity index (χ0) is 18.2. The van der Waals surface area contributed by atoms with E-state index in [4.69, 9.17) is 4.74 Å². The van der Waals surface area contributed by atoms with Crippen molar-refractivity contribution in [1.82, 2.24) is 4.90 Å². The van der Waals surface area contributed by atoms with Gasteiger partial charge in [0.05, 0.1) is 13.7 Å². The van der Waals surface area contributed by atoms with Crippen molar-refractivity contribution in [1.29, 1.82) is 0 Å². The average molecular weight is 348 g/mol. The van der Waals surface area contributed by atoms with Gasteiger partial charge in [-0.3, -0.25) is 9.59 Å². The van der Waals surface area contributed by atoms with Crippen LogP contribution >= 0.6 is 0 Å². The average Bonchev–Trinajstić information content (AvgIpc) is 2.61. The Labute approximate surface area is 150 Å². The Balaban J connectivity index is 1.83. The number of likely N-dealkylation sites (tertiary alicyclic amines) is 1. The minimum absolute atomic E-state index is 0.0924. The molecule has 2 N–H and O–H groups in total. The SMILES string of the molecule is CC[NH+](CC(=O)Nc1cccc(OC)c1)CC(=O)N1CCC(C)CC1. The summed E-state index contributed by atoms with van der Waals surface area (Å²) in [6.45, 7) is 7.30. The molecule has 0 aromatic heterocycles. The zero-order valence-corrected chi connectivity index (χ0v) is 15.5. The van der Waals surface area contributed by atoms with Crippen LogP contribution < -0.4 is 15.0 Å². The van der Waals surface area contributed by atoms with Gasteiger partial charge in [0.1, 0.15) is 5.75 Å². The predicted molar refractivity (Wildman–Crippen MR) is 97.8 cm³/mol. The molecule has 0 radical (unpaired) electrons. The van der Waals surface area contributed by atoms with E-state index in [1.54, 1.807) is 13.2 Å². The molecule has 6 heteroatoms. The molecule has 1 aromatic carbocycles. The van der Waals surface area contributed by atoms with Crippen molar-refractivity contribution >= 4 is 17.5 Å². The number of nitrogens with one attached hydrogen (secondary N) is 2. The maximum absolute atomic E-state index is 12.5. The van der Waals surface area contributed by atoms with E-state index in [-0.39, 0.29) is 18.4 Å². The number of benzene rings is 1. The standard InChI is InChI=1S/C19H29N3O3/c1-4-21(14-19(24)22-10-8-15(2)9-11-22)13-18(23)20-16-6-5-7-17(12-16)25-3/h5-7,12,15H,4,8-11,13-14H2,1-3H3,(H,20,23)/p+1. The van der Waals surface area contributed by atoms with E-state index in [0.717, 1.165) is 37.4 Å². The highest BCUT2D eigenvalue weighted by Gasteiger charge is 2.24. The number of likely N-dealkylation sites (N-methyl/N-ethyl adjacent to an activating group) is 1. The summed E-state index contributed by atoms with van der Waals surface area (Å²) >= 11 is 0. The third-order valence-electron chi connectivity index (χ3n) is 4.80. The van der Waals surface area contributed by atoms with Gasteiger partial charge in [0.2, 0.25) is 0 Å². The van der Waals surface area contributed by atoms with E-state index in [1.807, 2.05) is 30.0 Å². The van der Waals surface area contributed by atoms with Gasteiger partial charge in [-0.05, 0) is 37.8 Å². The third kappa shape index (κ3) is 6.05. The molecular weight excluding hydrogens is 318 g/mol. The number of carbonyl (C=O) groups is 2. The van der Waals surface area contributed by atoms with E-state index in [2.05, 4.69) is 12.2 Å². The minimum atomic E-state index is -0.0924. The smallest absolute Gasteiger partial charge is 0.279 e. The van der Waals surface area contributed by atoms with Gasteiger partial charge in [0.15, 0.2) is 13.1 Å². The van der Waals surface area contributed by atoms with Gasteiger partial charge in [-0.1, -0.05) is 13.0 Å². The molecule has 1 fully saturated rings. The van der Waals surface area contributed by atoms with E-state index >= 15 is 0 Å². The summed E-state index contributed by atoms with van der Waals surface area (Å²) in [6.07, 6.45) is 2.15. The molecule has 138 valence electrons. The normalized spacial score (nSPS) is 16.4. The van der Waals surface area contributed by atoms with Crippen molar-refractivity contribution in [3.63, 3.8) is 0 Å². The summed E-state index contributed by atoms with van der Waals surface area (Å²) in [7, 11) is 1.59. The molecule has 0 saturated carbocycles. The van der Waals surface area contributed by atoms with Gasteiger partial charge in [-0.25, -0.2) is 0 Å².